The number of aromatic nitrogens is 2. The van der Waals surface area contributed by atoms with E-state index in [-0.39, 0.29) is 33.6 Å². The Hall–Kier alpha value is -4.27. The number of amides is 1. The Kier molecular flexibility index (Phi) is 5.08. The first-order chi connectivity index (χ1) is 14.9. The molecule has 0 radical (unpaired) electrons. The molecule has 1 amide bonds. The molecular formula is C22H16F2N4O3. The Labute approximate surface area is 174 Å². The number of hydrogen-bond donors (Lipinski definition) is 3. The van der Waals surface area contributed by atoms with Crippen molar-refractivity contribution in [1.82, 2.24) is 15.0 Å². The van der Waals surface area contributed by atoms with Gasteiger partial charge in [0.05, 0.1) is 5.69 Å². The van der Waals surface area contributed by atoms with E-state index in [1.807, 2.05) is 30.3 Å². The van der Waals surface area contributed by atoms with Gasteiger partial charge in [0, 0.05) is 35.3 Å². The molecule has 0 bridgehead atoms. The van der Waals surface area contributed by atoms with E-state index in [1.54, 1.807) is 6.07 Å². The van der Waals surface area contributed by atoms with Crippen LogP contribution < -0.4 is 16.6 Å². The third-order valence-corrected chi connectivity index (χ3v) is 4.82. The molecular weight excluding hydrogens is 406 g/mol. The summed E-state index contributed by atoms with van der Waals surface area (Å²) in [6, 6.07) is 13.7. The summed E-state index contributed by atoms with van der Waals surface area (Å²) < 4.78 is 27.1. The topological polar surface area (TPSA) is 110 Å². The van der Waals surface area contributed by atoms with Gasteiger partial charge in [-0.15, -0.1) is 4.73 Å². The van der Waals surface area contributed by atoms with Crippen LogP contribution in [0.3, 0.4) is 0 Å². The minimum Gasteiger partial charge on any atom is -0.423 e. The van der Waals surface area contributed by atoms with Crippen molar-refractivity contribution in [2.24, 2.45) is 0 Å². The maximum Gasteiger partial charge on any atom is 0.299 e. The van der Waals surface area contributed by atoms with Gasteiger partial charge in [0.1, 0.15) is 17.2 Å². The van der Waals surface area contributed by atoms with Crippen LogP contribution in [0.4, 0.5) is 14.5 Å². The molecule has 0 unspecified atom stereocenters. The van der Waals surface area contributed by atoms with Crippen LogP contribution in [-0.4, -0.2) is 20.8 Å². The number of fused-ring (bicyclic) bond motifs is 1. The molecule has 4 N–H and O–H groups in total. The number of rotatable bonds is 4. The second-order valence-electron chi connectivity index (χ2n) is 6.79. The van der Waals surface area contributed by atoms with Crippen LogP contribution in [0.5, 0.6) is 0 Å². The lowest BCUT2D eigenvalue weighted by Gasteiger charge is -2.12. The monoisotopic (exact) mass is 422 g/mol. The van der Waals surface area contributed by atoms with Gasteiger partial charge in [0.15, 0.2) is 5.65 Å². The van der Waals surface area contributed by atoms with Crippen molar-refractivity contribution in [3.8, 4) is 11.1 Å². The number of nitrogens with zero attached hydrogens (tertiary/aromatic N) is 2. The normalized spacial score (nSPS) is 10.9. The van der Waals surface area contributed by atoms with Crippen molar-refractivity contribution in [3.05, 3.63) is 93.9 Å². The number of nitrogens with one attached hydrogen (secondary N) is 1. The SMILES string of the molecule is Nc1c(C(=O)NCc2ccc(F)cc2F)c(=O)n(O)c2ncc(-c3ccccc3)cc12. The van der Waals surface area contributed by atoms with Crippen LogP contribution in [0.25, 0.3) is 22.2 Å². The maximum absolute atomic E-state index is 13.8. The molecule has 0 saturated carbocycles. The molecule has 2 aromatic heterocycles. The quantitative estimate of drug-likeness (QED) is 0.438. The van der Waals surface area contributed by atoms with E-state index in [0.717, 1.165) is 11.6 Å². The zero-order valence-electron chi connectivity index (χ0n) is 16.0. The van der Waals surface area contributed by atoms with Crippen LogP contribution >= 0.6 is 0 Å². The fraction of sp³-hybridized carbons (Fsp3) is 0.0455. The maximum atomic E-state index is 13.8. The first-order valence-corrected chi connectivity index (χ1v) is 9.18. The second kappa shape index (κ2) is 7.86. The fourth-order valence-corrected chi connectivity index (χ4v) is 3.21. The van der Waals surface area contributed by atoms with Crippen molar-refractivity contribution >= 4 is 22.6 Å². The van der Waals surface area contributed by atoms with Crippen molar-refractivity contribution in [1.29, 1.82) is 0 Å². The van der Waals surface area contributed by atoms with Gasteiger partial charge in [-0.2, -0.15) is 0 Å². The Morgan fingerprint density at radius 1 is 1.10 bits per heavy atom. The average Bonchev–Trinajstić information content (AvgIpc) is 2.77. The van der Waals surface area contributed by atoms with Crippen LogP contribution in [0.2, 0.25) is 0 Å². The van der Waals surface area contributed by atoms with Gasteiger partial charge in [-0.3, -0.25) is 9.59 Å². The number of pyridine rings is 2. The molecule has 7 nitrogen and oxygen atoms in total. The van der Waals surface area contributed by atoms with Crippen LogP contribution in [0.15, 0.2) is 65.6 Å². The highest BCUT2D eigenvalue weighted by Gasteiger charge is 2.22. The number of carbonyl (C=O) groups is 1. The molecule has 2 heterocycles. The molecule has 4 aromatic rings. The van der Waals surface area contributed by atoms with Crippen molar-refractivity contribution < 1.29 is 18.8 Å². The highest BCUT2D eigenvalue weighted by molar-refractivity contribution is 6.06. The van der Waals surface area contributed by atoms with Crippen molar-refractivity contribution in [3.63, 3.8) is 0 Å². The lowest BCUT2D eigenvalue weighted by atomic mass is 10.0. The first kappa shape index (κ1) is 20.0. The molecule has 0 aliphatic rings. The number of carbonyl (C=O) groups excluding carboxylic acids is 1. The van der Waals surface area contributed by atoms with Crippen molar-refractivity contribution in [2.45, 2.75) is 6.54 Å². The molecule has 2 aromatic carbocycles. The highest BCUT2D eigenvalue weighted by Crippen LogP contribution is 2.26. The van der Waals surface area contributed by atoms with E-state index in [0.29, 0.717) is 11.6 Å². The van der Waals surface area contributed by atoms with Gasteiger partial charge >= 0.3 is 0 Å². The second-order valence-corrected chi connectivity index (χ2v) is 6.79. The molecule has 9 heteroatoms. The number of nitrogen functional groups attached to an aromatic ring is 1. The van der Waals surface area contributed by atoms with E-state index >= 15 is 0 Å². The minimum atomic E-state index is -1.07. The predicted molar refractivity (Wildman–Crippen MR) is 111 cm³/mol. The van der Waals surface area contributed by atoms with Crippen LogP contribution in [0, 0.1) is 11.6 Å². The smallest absolute Gasteiger partial charge is 0.299 e. The molecule has 4 rings (SSSR count). The Bertz CT molecular complexity index is 1370. The molecule has 0 spiro atoms. The molecule has 0 saturated heterocycles. The summed E-state index contributed by atoms with van der Waals surface area (Å²) >= 11 is 0. The van der Waals surface area contributed by atoms with E-state index in [2.05, 4.69) is 10.3 Å². The summed E-state index contributed by atoms with van der Waals surface area (Å²) in [6.07, 6.45) is 1.47. The lowest BCUT2D eigenvalue weighted by Crippen LogP contribution is -2.34. The number of nitrogens with two attached hydrogens (primary N) is 1. The molecule has 156 valence electrons. The third kappa shape index (κ3) is 3.68. The van der Waals surface area contributed by atoms with E-state index < -0.39 is 28.7 Å². The number of hydrogen-bond acceptors (Lipinski definition) is 5. The lowest BCUT2D eigenvalue weighted by molar-refractivity contribution is 0.0944. The minimum absolute atomic E-state index is 0.0199. The van der Waals surface area contributed by atoms with Gasteiger partial charge < -0.3 is 16.3 Å². The Balaban J connectivity index is 1.74. The number of anilines is 1. The Morgan fingerprint density at radius 3 is 2.55 bits per heavy atom. The van der Waals surface area contributed by atoms with Gasteiger partial charge in [0.25, 0.3) is 11.5 Å². The fourth-order valence-electron chi connectivity index (χ4n) is 3.21. The van der Waals surface area contributed by atoms with Gasteiger partial charge in [-0.25, -0.2) is 13.8 Å². The summed E-state index contributed by atoms with van der Waals surface area (Å²) in [5.41, 5.74) is 5.76. The summed E-state index contributed by atoms with van der Waals surface area (Å²) in [7, 11) is 0. The molecule has 0 fully saturated rings. The van der Waals surface area contributed by atoms with Gasteiger partial charge in [-0.1, -0.05) is 36.4 Å². The summed E-state index contributed by atoms with van der Waals surface area (Å²) in [6.45, 7) is -0.310. The summed E-state index contributed by atoms with van der Waals surface area (Å²) in [4.78, 5) is 29.3. The largest absolute Gasteiger partial charge is 0.423 e. The molecule has 31 heavy (non-hydrogen) atoms. The number of halogens is 2. The van der Waals surface area contributed by atoms with Crippen LogP contribution in [-0.2, 0) is 6.54 Å². The van der Waals surface area contributed by atoms with Crippen LogP contribution in [0.1, 0.15) is 15.9 Å². The average molecular weight is 422 g/mol. The van der Waals surface area contributed by atoms with Gasteiger partial charge in [-0.05, 0) is 17.7 Å². The first-order valence-electron chi connectivity index (χ1n) is 9.18. The third-order valence-electron chi connectivity index (χ3n) is 4.82. The van der Waals surface area contributed by atoms with Gasteiger partial charge in [0.2, 0.25) is 0 Å². The highest BCUT2D eigenvalue weighted by atomic mass is 19.1. The van der Waals surface area contributed by atoms with E-state index in [9.17, 15) is 23.6 Å². The summed E-state index contributed by atoms with van der Waals surface area (Å²) in [5, 5.41) is 12.8. The summed E-state index contributed by atoms with van der Waals surface area (Å²) in [5.74, 6) is -2.51. The Morgan fingerprint density at radius 2 is 1.84 bits per heavy atom. The standard InChI is InChI=1S/C22H16F2N4O3/c23-15-7-6-13(17(24)9-15)10-27-21(29)18-19(25)16-8-14(12-4-2-1-3-5-12)11-26-20(16)28(31)22(18)30/h1-9,11,31H,10,25H2,(H,27,29). The molecule has 0 atom stereocenters. The zero-order valence-corrected chi connectivity index (χ0v) is 16.0. The van der Waals surface area contributed by atoms with Crippen molar-refractivity contribution in [2.75, 3.05) is 5.73 Å². The zero-order chi connectivity index (χ0) is 22.1. The molecule has 0 aliphatic heterocycles. The van der Waals surface area contributed by atoms with E-state index in [1.165, 1.54) is 12.3 Å². The molecule has 0 aliphatic carbocycles. The van der Waals surface area contributed by atoms with E-state index in [4.69, 9.17) is 5.73 Å². The number of benzene rings is 2. The predicted octanol–water partition coefficient (Wildman–Crippen LogP) is 3.09.